The Morgan fingerprint density at radius 3 is 2.53 bits per heavy atom. The van der Waals surface area contributed by atoms with Crippen LogP contribution in [0.5, 0.6) is 5.75 Å². The van der Waals surface area contributed by atoms with E-state index in [1.807, 2.05) is 32.9 Å². The number of hydrogen-bond acceptors (Lipinski definition) is 3. The highest BCUT2D eigenvalue weighted by Crippen LogP contribution is 2.20. The molecule has 0 aliphatic rings. The van der Waals surface area contributed by atoms with E-state index < -0.39 is 9.05 Å². The minimum Gasteiger partial charge on any atom is -0.493 e. The van der Waals surface area contributed by atoms with Crippen molar-refractivity contribution in [1.82, 2.24) is 0 Å². The maximum atomic E-state index is 10.8. The lowest BCUT2D eigenvalue weighted by Crippen LogP contribution is -2.08. The lowest BCUT2D eigenvalue weighted by Gasteiger charge is -2.13. The van der Waals surface area contributed by atoms with Crippen molar-refractivity contribution in [2.24, 2.45) is 5.92 Å². The topological polar surface area (TPSA) is 43.4 Å². The molecule has 0 aliphatic carbocycles. The first kappa shape index (κ1) is 16.3. The molecule has 108 valence electrons. The molecule has 0 aromatic heterocycles. The van der Waals surface area contributed by atoms with Crippen LogP contribution in [-0.4, -0.2) is 20.8 Å². The molecule has 0 bridgehead atoms. The highest BCUT2D eigenvalue weighted by molar-refractivity contribution is 8.13. The molecule has 19 heavy (non-hydrogen) atoms. The lowest BCUT2D eigenvalue weighted by atomic mass is 10.1. The Hall–Kier alpha value is -0.740. The third kappa shape index (κ3) is 6.83. The molecule has 1 aromatic rings. The summed E-state index contributed by atoms with van der Waals surface area (Å²) in [6.07, 6.45) is 1.39. The van der Waals surface area contributed by atoms with Gasteiger partial charge in [-0.05, 0) is 44.2 Å². The monoisotopic (exact) mass is 304 g/mol. The molecule has 1 rings (SSSR count). The van der Waals surface area contributed by atoms with Crippen molar-refractivity contribution in [2.75, 3.05) is 12.4 Å². The van der Waals surface area contributed by atoms with Gasteiger partial charge in [-0.25, -0.2) is 8.42 Å². The number of ether oxygens (including phenoxy) is 1. The van der Waals surface area contributed by atoms with E-state index in [9.17, 15) is 8.42 Å². The molecule has 1 unspecified atom stereocenters. The number of halogens is 1. The van der Waals surface area contributed by atoms with Crippen molar-refractivity contribution in [3.8, 4) is 5.75 Å². The van der Waals surface area contributed by atoms with Crippen LogP contribution in [0.15, 0.2) is 18.2 Å². The van der Waals surface area contributed by atoms with Crippen molar-refractivity contribution in [3.05, 3.63) is 29.3 Å². The Morgan fingerprint density at radius 2 is 1.95 bits per heavy atom. The van der Waals surface area contributed by atoms with E-state index in [1.165, 1.54) is 5.56 Å². The molecule has 0 N–H and O–H groups in total. The number of aryl methyl sites for hydroxylation is 2. The smallest absolute Gasteiger partial charge is 0.232 e. The van der Waals surface area contributed by atoms with E-state index in [2.05, 4.69) is 6.07 Å². The predicted octanol–water partition coefficient (Wildman–Crippen LogP) is 3.67. The maximum Gasteiger partial charge on any atom is 0.232 e. The van der Waals surface area contributed by atoms with Crippen LogP contribution in [0, 0.1) is 19.8 Å². The lowest BCUT2D eigenvalue weighted by molar-refractivity contribution is 0.280. The van der Waals surface area contributed by atoms with Crippen LogP contribution in [0.4, 0.5) is 0 Å². The van der Waals surface area contributed by atoms with Gasteiger partial charge in [0.1, 0.15) is 5.75 Å². The SMILES string of the molecule is Cc1ccc(OCCC(C)CCS(=O)(=O)Cl)c(C)c1. The zero-order valence-corrected chi connectivity index (χ0v) is 13.2. The van der Waals surface area contributed by atoms with E-state index in [0.717, 1.165) is 17.7 Å². The highest BCUT2D eigenvalue weighted by Gasteiger charge is 2.10. The number of hydrogen-bond donors (Lipinski definition) is 0. The maximum absolute atomic E-state index is 10.8. The highest BCUT2D eigenvalue weighted by atomic mass is 35.7. The zero-order valence-electron chi connectivity index (χ0n) is 11.6. The van der Waals surface area contributed by atoms with Crippen molar-refractivity contribution in [3.63, 3.8) is 0 Å². The van der Waals surface area contributed by atoms with Crippen molar-refractivity contribution in [1.29, 1.82) is 0 Å². The van der Waals surface area contributed by atoms with Gasteiger partial charge >= 0.3 is 0 Å². The molecule has 0 aliphatic heterocycles. The second-order valence-electron chi connectivity index (χ2n) is 5.04. The molecule has 0 radical (unpaired) electrons. The Bertz CT molecular complexity index is 511. The largest absolute Gasteiger partial charge is 0.493 e. The summed E-state index contributed by atoms with van der Waals surface area (Å²) in [6.45, 7) is 6.66. The van der Waals surface area contributed by atoms with E-state index >= 15 is 0 Å². The first-order valence-corrected chi connectivity index (χ1v) is 8.88. The van der Waals surface area contributed by atoms with Gasteiger partial charge in [0, 0.05) is 10.7 Å². The summed E-state index contributed by atoms with van der Waals surface area (Å²) in [4.78, 5) is 0. The van der Waals surface area contributed by atoms with Gasteiger partial charge < -0.3 is 4.74 Å². The quantitative estimate of drug-likeness (QED) is 0.722. The van der Waals surface area contributed by atoms with Crippen LogP contribution in [0.1, 0.15) is 30.9 Å². The fraction of sp³-hybridized carbons (Fsp3) is 0.571. The van der Waals surface area contributed by atoms with Crippen LogP contribution in [0.25, 0.3) is 0 Å². The van der Waals surface area contributed by atoms with Gasteiger partial charge in [0.2, 0.25) is 9.05 Å². The van der Waals surface area contributed by atoms with E-state index in [1.54, 1.807) is 0 Å². The summed E-state index contributed by atoms with van der Waals surface area (Å²) >= 11 is 0. The van der Waals surface area contributed by atoms with Gasteiger partial charge in [0.05, 0.1) is 12.4 Å². The average Bonchev–Trinajstić information content (AvgIpc) is 2.28. The molecule has 0 fully saturated rings. The molecular weight excluding hydrogens is 284 g/mol. The number of benzene rings is 1. The fourth-order valence-corrected chi connectivity index (χ4v) is 2.77. The molecule has 0 heterocycles. The van der Waals surface area contributed by atoms with E-state index in [0.29, 0.717) is 13.0 Å². The number of rotatable bonds is 7. The summed E-state index contributed by atoms with van der Waals surface area (Å²) in [5.74, 6) is 1.20. The summed E-state index contributed by atoms with van der Waals surface area (Å²) in [7, 11) is 1.81. The molecule has 5 heteroatoms. The van der Waals surface area contributed by atoms with Crippen LogP contribution in [0.3, 0.4) is 0 Å². The van der Waals surface area contributed by atoms with Crippen molar-refractivity contribution >= 4 is 19.7 Å². The van der Waals surface area contributed by atoms with Gasteiger partial charge in [-0.1, -0.05) is 24.6 Å². The fourth-order valence-electron chi connectivity index (χ4n) is 1.82. The van der Waals surface area contributed by atoms with E-state index in [4.69, 9.17) is 15.4 Å². The van der Waals surface area contributed by atoms with Crippen LogP contribution in [0.2, 0.25) is 0 Å². The molecule has 1 atom stereocenters. The molecule has 0 amide bonds. The van der Waals surface area contributed by atoms with Gasteiger partial charge in [-0.3, -0.25) is 0 Å². The Kier molecular flexibility index (Phi) is 6.14. The molecule has 0 spiro atoms. The minimum absolute atomic E-state index is 0.0271. The predicted molar refractivity (Wildman–Crippen MR) is 79.4 cm³/mol. The molecule has 0 saturated carbocycles. The van der Waals surface area contributed by atoms with Gasteiger partial charge in [-0.2, -0.15) is 0 Å². The zero-order chi connectivity index (χ0) is 14.5. The molecule has 1 aromatic carbocycles. The second kappa shape index (κ2) is 7.15. The first-order chi connectivity index (χ1) is 8.78. The Morgan fingerprint density at radius 1 is 1.26 bits per heavy atom. The van der Waals surface area contributed by atoms with Crippen LogP contribution >= 0.6 is 10.7 Å². The van der Waals surface area contributed by atoms with Crippen LogP contribution < -0.4 is 4.74 Å². The molecule has 3 nitrogen and oxygen atoms in total. The normalized spacial score (nSPS) is 13.3. The van der Waals surface area contributed by atoms with Crippen LogP contribution in [-0.2, 0) is 9.05 Å². The standard InChI is InChI=1S/C14H21ClO3S/c1-11(7-9-19(15,16)17)6-8-18-14-5-4-12(2)10-13(14)3/h4-5,10-11H,6-9H2,1-3H3. The first-order valence-electron chi connectivity index (χ1n) is 6.40. The van der Waals surface area contributed by atoms with Gasteiger partial charge in [-0.15, -0.1) is 0 Å². The van der Waals surface area contributed by atoms with Gasteiger partial charge in [0.15, 0.2) is 0 Å². The third-order valence-electron chi connectivity index (χ3n) is 3.05. The van der Waals surface area contributed by atoms with E-state index in [-0.39, 0.29) is 11.7 Å². The second-order valence-corrected chi connectivity index (χ2v) is 7.94. The molecular formula is C14H21ClO3S. The molecule has 0 saturated heterocycles. The third-order valence-corrected chi connectivity index (χ3v) is 4.24. The Balaban J connectivity index is 2.33. The minimum atomic E-state index is -3.38. The summed E-state index contributed by atoms with van der Waals surface area (Å²) in [6, 6.07) is 6.07. The van der Waals surface area contributed by atoms with Crippen molar-refractivity contribution < 1.29 is 13.2 Å². The van der Waals surface area contributed by atoms with Crippen molar-refractivity contribution in [2.45, 2.75) is 33.6 Å². The van der Waals surface area contributed by atoms with Gasteiger partial charge in [0.25, 0.3) is 0 Å². The summed E-state index contributed by atoms with van der Waals surface area (Å²) < 4.78 is 27.4. The average molecular weight is 305 g/mol. The summed E-state index contributed by atoms with van der Waals surface area (Å²) in [5, 5.41) is 0. The summed E-state index contributed by atoms with van der Waals surface area (Å²) in [5.41, 5.74) is 2.33. The Labute approximate surface area is 120 Å².